The lowest BCUT2D eigenvalue weighted by Gasteiger charge is -2.23. The fourth-order valence-corrected chi connectivity index (χ4v) is 5.22. The van der Waals surface area contributed by atoms with Gasteiger partial charge in [0.15, 0.2) is 9.84 Å². The molecule has 174 valence electrons. The smallest absolute Gasteiger partial charge is 0.416 e. The molecule has 11 heteroatoms. The Morgan fingerprint density at radius 3 is 2.47 bits per heavy atom. The number of hydrogen-bond acceptors (Lipinski definition) is 8. The number of carbonyl (C=O) groups excluding carboxylic acids is 1. The van der Waals surface area contributed by atoms with Gasteiger partial charge in [-0.1, -0.05) is 37.6 Å². The highest BCUT2D eigenvalue weighted by atomic mass is 35.5. The molecule has 0 aliphatic carbocycles. The number of hydrogen-bond donors (Lipinski definition) is 2. The van der Waals surface area contributed by atoms with E-state index in [4.69, 9.17) is 16.3 Å². The van der Waals surface area contributed by atoms with Gasteiger partial charge in [-0.15, -0.1) is 0 Å². The maximum absolute atomic E-state index is 12.4. The molecule has 3 atom stereocenters. The molecule has 2 aromatic rings. The summed E-state index contributed by atoms with van der Waals surface area (Å²) in [7, 11) is -3.33. The Morgan fingerprint density at radius 1 is 1.22 bits per heavy atom. The third kappa shape index (κ3) is 5.48. The van der Waals surface area contributed by atoms with Crippen molar-refractivity contribution in [2.45, 2.75) is 50.8 Å². The van der Waals surface area contributed by atoms with Crippen LogP contribution in [0.25, 0.3) is 0 Å². The second kappa shape index (κ2) is 9.60. The molecule has 1 aromatic carbocycles. The van der Waals surface area contributed by atoms with E-state index in [1.807, 2.05) is 20.8 Å². The number of nitrogens with zero attached hydrogens (tertiary/aromatic N) is 3. The fourth-order valence-electron chi connectivity index (χ4n) is 3.42. The number of aliphatic hydroxyl groups excluding tert-OH is 1. The van der Waals surface area contributed by atoms with Crippen LogP contribution >= 0.6 is 11.6 Å². The Bertz CT molecular complexity index is 1080. The highest BCUT2D eigenvalue weighted by Crippen LogP contribution is 2.28. The molecular weight excluding hydrogens is 456 g/mol. The summed E-state index contributed by atoms with van der Waals surface area (Å²) < 4.78 is 29.9. The number of nitrogens with one attached hydrogen (secondary N) is 1. The summed E-state index contributed by atoms with van der Waals surface area (Å²) in [6.07, 6.45) is -1.45. The molecule has 1 aliphatic rings. The number of halogens is 1. The van der Waals surface area contributed by atoms with Crippen LogP contribution in [0.2, 0.25) is 5.15 Å². The number of cyclic esters (lactones) is 1. The molecule has 1 aliphatic heterocycles. The number of ether oxygens (including phenoxy) is 1. The zero-order chi connectivity index (χ0) is 23.6. The first-order valence-corrected chi connectivity index (χ1v) is 12.3. The second-order valence-electron chi connectivity index (χ2n) is 8.24. The molecule has 3 rings (SSSR count). The molecule has 32 heavy (non-hydrogen) atoms. The Labute approximate surface area is 192 Å². The molecule has 1 saturated heterocycles. The van der Waals surface area contributed by atoms with Crippen LogP contribution in [0.3, 0.4) is 0 Å². The molecule has 1 amide bonds. The SMILES string of the molecule is CC(C)CS(=O)(=O)c1ccc([C@H](C)Nc2nc(Cl)cc(N3C(=O)OCC3[C@@H](C)O)n2)cc1. The molecular formula is C21H27ClN4O5S. The standard InChI is InChI=1S/C21H27ClN4O5S/c1-12(2)11-32(29,30)16-7-5-15(6-8-16)13(3)23-20-24-18(22)9-19(25-20)26-17(14(4)27)10-31-21(26)28/h5-9,12-14,17,27H,10-11H2,1-4H3,(H,23,24,25)/t13-,14+,17?/m0/s1. The topological polar surface area (TPSA) is 122 Å². The molecule has 0 saturated carbocycles. The zero-order valence-corrected chi connectivity index (χ0v) is 19.9. The van der Waals surface area contributed by atoms with Crippen molar-refractivity contribution >= 4 is 39.3 Å². The highest BCUT2D eigenvalue weighted by Gasteiger charge is 2.38. The number of anilines is 2. The summed E-state index contributed by atoms with van der Waals surface area (Å²) in [5, 5.41) is 13.2. The minimum Gasteiger partial charge on any atom is -0.447 e. The number of aliphatic hydroxyl groups is 1. The Balaban J connectivity index is 1.80. The van der Waals surface area contributed by atoms with Gasteiger partial charge in [0.1, 0.15) is 23.6 Å². The van der Waals surface area contributed by atoms with Crippen LogP contribution < -0.4 is 10.2 Å². The first-order chi connectivity index (χ1) is 15.0. The zero-order valence-electron chi connectivity index (χ0n) is 18.3. The lowest BCUT2D eigenvalue weighted by Crippen LogP contribution is -2.41. The van der Waals surface area contributed by atoms with Gasteiger partial charge in [-0.2, -0.15) is 4.98 Å². The molecule has 9 nitrogen and oxygen atoms in total. The number of amides is 1. The number of carbonyl (C=O) groups is 1. The van der Waals surface area contributed by atoms with Gasteiger partial charge in [0, 0.05) is 6.07 Å². The molecule has 2 heterocycles. The molecule has 0 radical (unpaired) electrons. The molecule has 0 bridgehead atoms. The highest BCUT2D eigenvalue weighted by molar-refractivity contribution is 7.91. The molecule has 1 aromatic heterocycles. The Morgan fingerprint density at radius 2 is 1.88 bits per heavy atom. The van der Waals surface area contributed by atoms with Gasteiger partial charge >= 0.3 is 6.09 Å². The predicted octanol–water partition coefficient (Wildman–Crippen LogP) is 3.44. The fraction of sp³-hybridized carbons (Fsp3) is 0.476. The normalized spacial score (nSPS) is 18.5. The largest absolute Gasteiger partial charge is 0.447 e. The number of rotatable bonds is 8. The van der Waals surface area contributed by atoms with Crippen molar-refractivity contribution in [2.75, 3.05) is 22.6 Å². The van der Waals surface area contributed by atoms with E-state index < -0.39 is 28.1 Å². The summed E-state index contributed by atoms with van der Waals surface area (Å²) in [6.45, 7) is 7.20. The van der Waals surface area contributed by atoms with Crippen LogP contribution in [0.4, 0.5) is 16.6 Å². The van der Waals surface area contributed by atoms with Gasteiger partial charge in [-0.25, -0.2) is 18.2 Å². The first-order valence-electron chi connectivity index (χ1n) is 10.3. The van der Waals surface area contributed by atoms with E-state index in [0.29, 0.717) is 0 Å². The van der Waals surface area contributed by atoms with Crippen molar-refractivity contribution in [3.63, 3.8) is 0 Å². The Kier molecular flexibility index (Phi) is 7.26. The summed E-state index contributed by atoms with van der Waals surface area (Å²) in [5.74, 6) is 0.519. The lowest BCUT2D eigenvalue weighted by molar-refractivity contribution is 0.142. The third-order valence-electron chi connectivity index (χ3n) is 5.03. The van der Waals surface area contributed by atoms with Crippen LogP contribution in [-0.2, 0) is 14.6 Å². The van der Waals surface area contributed by atoms with Crippen molar-refractivity contribution in [2.24, 2.45) is 5.92 Å². The molecule has 1 fully saturated rings. The van der Waals surface area contributed by atoms with Crippen LogP contribution in [0.1, 0.15) is 39.3 Å². The van der Waals surface area contributed by atoms with Crippen LogP contribution in [-0.4, -0.2) is 54.1 Å². The van der Waals surface area contributed by atoms with E-state index in [0.717, 1.165) is 5.56 Å². The van der Waals surface area contributed by atoms with Crippen LogP contribution in [0.5, 0.6) is 0 Å². The van der Waals surface area contributed by atoms with E-state index in [1.54, 1.807) is 31.2 Å². The van der Waals surface area contributed by atoms with E-state index in [2.05, 4.69) is 15.3 Å². The van der Waals surface area contributed by atoms with Crippen LogP contribution in [0.15, 0.2) is 35.2 Å². The van der Waals surface area contributed by atoms with Gasteiger partial charge < -0.3 is 15.2 Å². The van der Waals surface area contributed by atoms with E-state index in [9.17, 15) is 18.3 Å². The van der Waals surface area contributed by atoms with Crippen molar-refractivity contribution < 1.29 is 23.1 Å². The minimum absolute atomic E-state index is 0.0377. The molecule has 0 spiro atoms. The summed E-state index contributed by atoms with van der Waals surface area (Å²) in [4.78, 5) is 22.2. The van der Waals surface area contributed by atoms with Crippen molar-refractivity contribution in [1.29, 1.82) is 0 Å². The molecule has 1 unspecified atom stereocenters. The predicted molar refractivity (Wildman–Crippen MR) is 122 cm³/mol. The minimum atomic E-state index is -3.33. The second-order valence-corrected chi connectivity index (χ2v) is 10.7. The summed E-state index contributed by atoms with van der Waals surface area (Å²) in [5.41, 5.74) is 0.820. The third-order valence-corrected chi connectivity index (χ3v) is 7.32. The first kappa shape index (κ1) is 24.2. The molecule has 2 N–H and O–H groups in total. The van der Waals surface area contributed by atoms with Gasteiger partial charge in [-0.3, -0.25) is 4.90 Å². The van der Waals surface area contributed by atoms with Gasteiger partial charge in [0.2, 0.25) is 5.95 Å². The average molecular weight is 483 g/mol. The quantitative estimate of drug-likeness (QED) is 0.548. The van der Waals surface area contributed by atoms with Gasteiger partial charge in [0.25, 0.3) is 0 Å². The van der Waals surface area contributed by atoms with E-state index in [1.165, 1.54) is 11.0 Å². The number of benzene rings is 1. The van der Waals surface area contributed by atoms with Gasteiger partial charge in [-0.05, 0) is 37.5 Å². The van der Waals surface area contributed by atoms with Crippen LogP contribution in [0, 0.1) is 5.92 Å². The van der Waals surface area contributed by atoms with Crippen molar-refractivity contribution in [3.8, 4) is 0 Å². The lowest BCUT2D eigenvalue weighted by atomic mass is 10.1. The maximum atomic E-state index is 12.4. The maximum Gasteiger partial charge on any atom is 0.416 e. The van der Waals surface area contributed by atoms with Crippen molar-refractivity contribution in [1.82, 2.24) is 9.97 Å². The average Bonchev–Trinajstić information content (AvgIpc) is 3.08. The Hall–Kier alpha value is -2.43. The van der Waals surface area contributed by atoms with E-state index in [-0.39, 0.29) is 46.1 Å². The van der Waals surface area contributed by atoms with Gasteiger partial charge in [0.05, 0.1) is 22.8 Å². The number of sulfone groups is 1. The number of aromatic nitrogens is 2. The summed E-state index contributed by atoms with van der Waals surface area (Å²) >= 11 is 6.15. The van der Waals surface area contributed by atoms with E-state index >= 15 is 0 Å². The summed E-state index contributed by atoms with van der Waals surface area (Å²) in [6, 6.07) is 7.20. The monoisotopic (exact) mass is 482 g/mol. The van der Waals surface area contributed by atoms with Crippen molar-refractivity contribution in [3.05, 3.63) is 41.0 Å².